The lowest BCUT2D eigenvalue weighted by Crippen LogP contribution is -2.48. The summed E-state index contributed by atoms with van der Waals surface area (Å²) in [5.74, 6) is -1.32. The minimum Gasteiger partial charge on any atom is -0.368 e. The Morgan fingerprint density at radius 2 is 2.11 bits per heavy atom. The first-order valence-corrected chi connectivity index (χ1v) is 6.27. The first-order chi connectivity index (χ1) is 8.93. The number of primary amides is 1. The van der Waals surface area contributed by atoms with Crippen LogP contribution in [0.25, 0.3) is 0 Å². The average Bonchev–Trinajstić information content (AvgIpc) is 2.34. The van der Waals surface area contributed by atoms with E-state index in [-0.39, 0.29) is 18.2 Å². The van der Waals surface area contributed by atoms with Crippen LogP contribution in [0.3, 0.4) is 0 Å². The van der Waals surface area contributed by atoms with Gasteiger partial charge in [0.2, 0.25) is 11.8 Å². The molecule has 0 aliphatic heterocycles. The van der Waals surface area contributed by atoms with Crippen LogP contribution in [0.2, 0.25) is 0 Å². The molecule has 0 saturated carbocycles. The quantitative estimate of drug-likeness (QED) is 0.816. The van der Waals surface area contributed by atoms with Crippen LogP contribution >= 0.6 is 0 Å². The van der Waals surface area contributed by atoms with Gasteiger partial charge in [0, 0.05) is 0 Å². The maximum absolute atomic E-state index is 13.0. The highest BCUT2D eigenvalue weighted by Crippen LogP contribution is 2.09. The van der Waals surface area contributed by atoms with E-state index in [4.69, 9.17) is 5.73 Å². The average molecular weight is 266 g/mol. The second-order valence-electron chi connectivity index (χ2n) is 4.64. The molecule has 1 aromatic carbocycles. The number of halogens is 1. The van der Waals surface area contributed by atoms with Crippen LogP contribution in [0.15, 0.2) is 24.3 Å². The standard InChI is InChI=1S/C14H19FN2O2/c1-3-9(2)13(14(16)19)17-12(18)8-10-5-4-6-11(15)7-10/h4-7,9,13H,3,8H2,1-2H3,(H2,16,19)(H,17,18)/t9-,13+/m1/s1. The van der Waals surface area contributed by atoms with E-state index < -0.39 is 17.8 Å². The van der Waals surface area contributed by atoms with Gasteiger partial charge in [-0.3, -0.25) is 9.59 Å². The maximum atomic E-state index is 13.0. The molecule has 0 saturated heterocycles. The first kappa shape index (κ1) is 15.1. The fourth-order valence-corrected chi connectivity index (χ4v) is 1.79. The van der Waals surface area contributed by atoms with Crippen LogP contribution in [0.4, 0.5) is 4.39 Å². The molecule has 0 aromatic heterocycles. The lowest BCUT2D eigenvalue weighted by molar-refractivity contribution is -0.128. The second kappa shape index (κ2) is 6.87. The second-order valence-corrected chi connectivity index (χ2v) is 4.64. The number of benzene rings is 1. The van der Waals surface area contributed by atoms with E-state index in [9.17, 15) is 14.0 Å². The Hall–Kier alpha value is -1.91. The van der Waals surface area contributed by atoms with Gasteiger partial charge in [0.25, 0.3) is 0 Å². The van der Waals surface area contributed by atoms with Crippen molar-refractivity contribution in [1.29, 1.82) is 0 Å². The zero-order valence-electron chi connectivity index (χ0n) is 11.2. The lowest BCUT2D eigenvalue weighted by Gasteiger charge is -2.21. The molecule has 2 amide bonds. The summed E-state index contributed by atoms with van der Waals surface area (Å²) in [5.41, 5.74) is 5.83. The van der Waals surface area contributed by atoms with Gasteiger partial charge in [-0.2, -0.15) is 0 Å². The van der Waals surface area contributed by atoms with Gasteiger partial charge in [-0.05, 0) is 23.6 Å². The smallest absolute Gasteiger partial charge is 0.240 e. The van der Waals surface area contributed by atoms with Gasteiger partial charge in [-0.1, -0.05) is 32.4 Å². The van der Waals surface area contributed by atoms with Crippen LogP contribution in [0.1, 0.15) is 25.8 Å². The third-order valence-corrected chi connectivity index (χ3v) is 3.09. The van der Waals surface area contributed by atoms with Crippen molar-refractivity contribution in [2.45, 2.75) is 32.7 Å². The molecule has 4 nitrogen and oxygen atoms in total. The van der Waals surface area contributed by atoms with Crippen LogP contribution in [-0.2, 0) is 16.0 Å². The van der Waals surface area contributed by atoms with Crippen LogP contribution in [0.5, 0.6) is 0 Å². The number of hydrogen-bond acceptors (Lipinski definition) is 2. The Labute approximate surface area is 112 Å². The topological polar surface area (TPSA) is 72.2 Å². The summed E-state index contributed by atoms with van der Waals surface area (Å²) in [4.78, 5) is 23.1. The van der Waals surface area contributed by atoms with Gasteiger partial charge >= 0.3 is 0 Å². The highest BCUT2D eigenvalue weighted by Gasteiger charge is 2.23. The predicted molar refractivity (Wildman–Crippen MR) is 70.7 cm³/mol. The van der Waals surface area contributed by atoms with Gasteiger partial charge in [-0.15, -0.1) is 0 Å². The van der Waals surface area contributed by atoms with Crippen LogP contribution < -0.4 is 11.1 Å². The zero-order chi connectivity index (χ0) is 14.4. The predicted octanol–water partition coefficient (Wildman–Crippen LogP) is 1.38. The van der Waals surface area contributed by atoms with Crippen molar-refractivity contribution in [3.63, 3.8) is 0 Å². The van der Waals surface area contributed by atoms with Crippen molar-refractivity contribution < 1.29 is 14.0 Å². The van der Waals surface area contributed by atoms with Crippen LogP contribution in [-0.4, -0.2) is 17.9 Å². The SMILES string of the molecule is CC[C@@H](C)[C@H](NC(=O)Cc1cccc(F)c1)C(N)=O. The molecule has 0 spiro atoms. The monoisotopic (exact) mass is 266 g/mol. The Morgan fingerprint density at radius 1 is 1.42 bits per heavy atom. The van der Waals surface area contributed by atoms with Crippen LogP contribution in [0, 0.1) is 11.7 Å². The van der Waals surface area contributed by atoms with E-state index in [1.54, 1.807) is 6.07 Å². The van der Waals surface area contributed by atoms with Gasteiger partial charge in [0.1, 0.15) is 11.9 Å². The summed E-state index contributed by atoms with van der Waals surface area (Å²) in [7, 11) is 0. The molecule has 5 heteroatoms. The van der Waals surface area contributed by atoms with E-state index in [1.807, 2.05) is 13.8 Å². The van der Waals surface area contributed by atoms with Crippen molar-refractivity contribution in [3.8, 4) is 0 Å². The van der Waals surface area contributed by atoms with E-state index in [0.717, 1.165) is 6.42 Å². The summed E-state index contributed by atoms with van der Waals surface area (Å²) in [6.45, 7) is 3.76. The van der Waals surface area contributed by atoms with Crippen molar-refractivity contribution in [1.82, 2.24) is 5.32 Å². The first-order valence-electron chi connectivity index (χ1n) is 6.27. The fourth-order valence-electron chi connectivity index (χ4n) is 1.79. The Morgan fingerprint density at radius 3 is 2.63 bits per heavy atom. The van der Waals surface area contributed by atoms with E-state index in [2.05, 4.69) is 5.32 Å². The Kier molecular flexibility index (Phi) is 5.48. The molecular formula is C14H19FN2O2. The van der Waals surface area contributed by atoms with E-state index in [1.165, 1.54) is 18.2 Å². The molecule has 1 rings (SSSR count). The van der Waals surface area contributed by atoms with Crippen molar-refractivity contribution >= 4 is 11.8 Å². The van der Waals surface area contributed by atoms with Crippen molar-refractivity contribution in [2.24, 2.45) is 11.7 Å². The Bertz CT molecular complexity index is 463. The minimum absolute atomic E-state index is 0.0258. The molecule has 0 aliphatic rings. The van der Waals surface area contributed by atoms with Gasteiger partial charge in [-0.25, -0.2) is 4.39 Å². The van der Waals surface area contributed by atoms with Gasteiger partial charge in [0.05, 0.1) is 6.42 Å². The third kappa shape index (κ3) is 4.69. The summed E-state index contributed by atoms with van der Waals surface area (Å²) >= 11 is 0. The molecule has 3 N–H and O–H groups in total. The molecule has 19 heavy (non-hydrogen) atoms. The number of amides is 2. The normalized spacial score (nSPS) is 13.6. The molecule has 0 heterocycles. The largest absolute Gasteiger partial charge is 0.368 e. The summed E-state index contributed by atoms with van der Waals surface area (Å²) in [6, 6.07) is 5.11. The Balaban J connectivity index is 2.65. The minimum atomic E-state index is -0.689. The van der Waals surface area contributed by atoms with Gasteiger partial charge in [0.15, 0.2) is 0 Å². The highest BCUT2D eigenvalue weighted by molar-refractivity contribution is 5.87. The van der Waals surface area contributed by atoms with Crippen molar-refractivity contribution in [3.05, 3.63) is 35.6 Å². The van der Waals surface area contributed by atoms with E-state index >= 15 is 0 Å². The number of carbonyl (C=O) groups is 2. The third-order valence-electron chi connectivity index (χ3n) is 3.09. The maximum Gasteiger partial charge on any atom is 0.240 e. The summed E-state index contributed by atoms with van der Waals surface area (Å²) < 4.78 is 13.0. The van der Waals surface area contributed by atoms with Crippen molar-refractivity contribution in [2.75, 3.05) is 0 Å². The molecular weight excluding hydrogens is 247 g/mol. The molecule has 104 valence electrons. The fraction of sp³-hybridized carbons (Fsp3) is 0.429. The molecule has 0 aliphatic carbocycles. The number of hydrogen-bond donors (Lipinski definition) is 2. The molecule has 1 aromatic rings. The molecule has 2 atom stereocenters. The summed E-state index contributed by atoms with van der Waals surface area (Å²) in [6.07, 6.45) is 0.756. The zero-order valence-corrected chi connectivity index (χ0v) is 11.2. The molecule has 0 bridgehead atoms. The number of rotatable bonds is 6. The molecule has 0 unspecified atom stereocenters. The van der Waals surface area contributed by atoms with Gasteiger partial charge < -0.3 is 11.1 Å². The number of nitrogens with two attached hydrogens (primary N) is 1. The number of carbonyl (C=O) groups excluding carboxylic acids is 2. The molecule has 0 radical (unpaired) electrons. The highest BCUT2D eigenvalue weighted by atomic mass is 19.1. The number of nitrogens with one attached hydrogen (secondary N) is 1. The molecule has 0 fully saturated rings. The van der Waals surface area contributed by atoms with E-state index in [0.29, 0.717) is 5.56 Å². The lowest BCUT2D eigenvalue weighted by atomic mass is 9.98. The summed E-state index contributed by atoms with van der Waals surface area (Å²) in [5, 5.41) is 2.60.